The minimum atomic E-state index is 0.915. The van der Waals surface area contributed by atoms with Crippen LogP contribution < -0.4 is 0 Å². The van der Waals surface area contributed by atoms with Crippen molar-refractivity contribution >= 4 is 11.3 Å². The first kappa shape index (κ1) is 12.0. The molecule has 2 aromatic rings. The molecule has 5 heteroatoms. The molecule has 0 radical (unpaired) electrons. The number of unbranched alkanes of at least 4 members (excludes halogenated alkanes) is 1. The first-order valence-corrected chi connectivity index (χ1v) is 6.51. The third-order valence-electron chi connectivity index (χ3n) is 2.72. The summed E-state index contributed by atoms with van der Waals surface area (Å²) in [6.07, 6.45) is 4.96. The first-order valence-electron chi connectivity index (χ1n) is 5.63. The van der Waals surface area contributed by atoms with Gasteiger partial charge in [0.05, 0.1) is 16.1 Å². The van der Waals surface area contributed by atoms with E-state index in [9.17, 15) is 0 Å². The standard InChI is InChI=1S/C12H16N4S/c1-4-5-6-7-10-14-15-12(16(10)3)11-9(2)13-8-17-11/h4,8H,1,5-7H2,2-3H3. The number of nitrogens with zero attached hydrogens (tertiary/aromatic N) is 4. The Bertz CT molecular complexity index is 512. The summed E-state index contributed by atoms with van der Waals surface area (Å²) in [4.78, 5) is 5.35. The molecule has 0 saturated heterocycles. The van der Waals surface area contributed by atoms with Crippen LogP contribution in [0, 0.1) is 6.92 Å². The maximum absolute atomic E-state index is 4.26. The molecule has 0 aliphatic heterocycles. The van der Waals surface area contributed by atoms with Gasteiger partial charge in [0.25, 0.3) is 0 Å². The summed E-state index contributed by atoms with van der Waals surface area (Å²) in [5.41, 5.74) is 2.86. The maximum Gasteiger partial charge on any atom is 0.175 e. The van der Waals surface area contributed by atoms with Crippen molar-refractivity contribution in [3.8, 4) is 10.7 Å². The van der Waals surface area contributed by atoms with Crippen LogP contribution >= 0.6 is 11.3 Å². The predicted octanol–water partition coefficient (Wildman–Crippen LogP) is 2.76. The van der Waals surface area contributed by atoms with Gasteiger partial charge in [0.15, 0.2) is 5.82 Å². The molecule has 2 aromatic heterocycles. The van der Waals surface area contributed by atoms with Gasteiger partial charge in [-0.05, 0) is 19.8 Å². The van der Waals surface area contributed by atoms with E-state index < -0.39 is 0 Å². The third kappa shape index (κ3) is 2.44. The van der Waals surface area contributed by atoms with E-state index >= 15 is 0 Å². The average molecular weight is 248 g/mol. The summed E-state index contributed by atoms with van der Waals surface area (Å²) in [6, 6.07) is 0. The number of thiazole rings is 1. The van der Waals surface area contributed by atoms with Crippen LogP contribution in [0.25, 0.3) is 10.7 Å². The molecule has 0 amide bonds. The van der Waals surface area contributed by atoms with E-state index in [1.807, 2.05) is 25.6 Å². The molecular formula is C12H16N4S. The van der Waals surface area contributed by atoms with Crippen molar-refractivity contribution in [3.05, 3.63) is 29.7 Å². The smallest absolute Gasteiger partial charge is 0.175 e. The van der Waals surface area contributed by atoms with Crippen LogP contribution in [0.2, 0.25) is 0 Å². The highest BCUT2D eigenvalue weighted by molar-refractivity contribution is 7.13. The van der Waals surface area contributed by atoms with E-state index in [0.717, 1.165) is 41.5 Å². The molecule has 0 bridgehead atoms. The number of hydrogen-bond donors (Lipinski definition) is 0. The molecule has 4 nitrogen and oxygen atoms in total. The Kier molecular flexibility index (Phi) is 3.68. The molecule has 0 aliphatic carbocycles. The van der Waals surface area contributed by atoms with Gasteiger partial charge in [-0.15, -0.1) is 28.1 Å². The quantitative estimate of drug-likeness (QED) is 0.603. The molecule has 0 aromatic carbocycles. The van der Waals surface area contributed by atoms with Gasteiger partial charge in [0.2, 0.25) is 0 Å². The first-order chi connectivity index (χ1) is 8.24. The fourth-order valence-corrected chi connectivity index (χ4v) is 2.52. The zero-order valence-corrected chi connectivity index (χ0v) is 11.0. The summed E-state index contributed by atoms with van der Waals surface area (Å²) in [5.74, 6) is 1.94. The number of hydrogen-bond acceptors (Lipinski definition) is 4. The molecule has 0 fully saturated rings. The van der Waals surface area contributed by atoms with E-state index in [1.165, 1.54) is 0 Å². The topological polar surface area (TPSA) is 43.6 Å². The second-order valence-electron chi connectivity index (χ2n) is 3.95. The van der Waals surface area contributed by atoms with E-state index in [-0.39, 0.29) is 0 Å². The Balaban J connectivity index is 2.21. The van der Waals surface area contributed by atoms with Gasteiger partial charge in [-0.25, -0.2) is 4.98 Å². The molecule has 17 heavy (non-hydrogen) atoms. The van der Waals surface area contributed by atoms with E-state index in [4.69, 9.17) is 0 Å². The van der Waals surface area contributed by atoms with Crippen LogP contribution in [0.5, 0.6) is 0 Å². The number of allylic oxidation sites excluding steroid dienone is 1. The third-order valence-corrected chi connectivity index (χ3v) is 3.65. The number of aromatic nitrogens is 4. The monoisotopic (exact) mass is 248 g/mol. The lowest BCUT2D eigenvalue weighted by Crippen LogP contribution is -1.99. The van der Waals surface area contributed by atoms with E-state index in [2.05, 4.69) is 26.3 Å². The normalized spacial score (nSPS) is 10.7. The Hall–Kier alpha value is -1.49. The van der Waals surface area contributed by atoms with Gasteiger partial charge >= 0.3 is 0 Å². The fraction of sp³-hybridized carbons (Fsp3) is 0.417. The molecule has 2 rings (SSSR count). The molecule has 0 spiro atoms. The van der Waals surface area contributed by atoms with Crippen LogP contribution in [0.15, 0.2) is 18.2 Å². The number of aryl methyl sites for hydroxylation is 2. The summed E-state index contributed by atoms with van der Waals surface area (Å²) in [6.45, 7) is 5.72. The molecule has 0 aliphatic rings. The fourth-order valence-electron chi connectivity index (χ4n) is 1.70. The summed E-state index contributed by atoms with van der Waals surface area (Å²) in [7, 11) is 2.01. The van der Waals surface area contributed by atoms with Crippen LogP contribution in [0.3, 0.4) is 0 Å². The van der Waals surface area contributed by atoms with Gasteiger partial charge in [-0.1, -0.05) is 6.08 Å². The zero-order chi connectivity index (χ0) is 12.3. The minimum Gasteiger partial charge on any atom is -0.313 e. The van der Waals surface area contributed by atoms with Crippen LogP contribution in [-0.4, -0.2) is 19.7 Å². The summed E-state index contributed by atoms with van der Waals surface area (Å²) in [5, 5.41) is 8.50. The van der Waals surface area contributed by atoms with Crippen molar-refractivity contribution in [2.45, 2.75) is 26.2 Å². The Morgan fingerprint density at radius 1 is 1.47 bits per heavy atom. The highest BCUT2D eigenvalue weighted by atomic mass is 32.1. The van der Waals surface area contributed by atoms with Crippen LogP contribution in [0.4, 0.5) is 0 Å². The van der Waals surface area contributed by atoms with Crippen molar-refractivity contribution < 1.29 is 0 Å². The molecule has 0 atom stereocenters. The Labute approximate surface area is 105 Å². The van der Waals surface area contributed by atoms with Crippen molar-refractivity contribution in [2.75, 3.05) is 0 Å². The maximum atomic E-state index is 4.26. The van der Waals surface area contributed by atoms with E-state index in [1.54, 1.807) is 11.3 Å². The second-order valence-corrected chi connectivity index (χ2v) is 4.80. The van der Waals surface area contributed by atoms with Gasteiger partial charge in [-0.2, -0.15) is 0 Å². The average Bonchev–Trinajstić information content (AvgIpc) is 2.87. The van der Waals surface area contributed by atoms with Crippen molar-refractivity contribution in [3.63, 3.8) is 0 Å². The molecule has 90 valence electrons. The minimum absolute atomic E-state index is 0.915. The molecule has 0 saturated carbocycles. The lowest BCUT2D eigenvalue weighted by molar-refractivity contribution is 0.733. The van der Waals surface area contributed by atoms with Gasteiger partial charge in [0, 0.05) is 13.5 Å². The lowest BCUT2D eigenvalue weighted by Gasteiger charge is -2.02. The Morgan fingerprint density at radius 3 is 2.94 bits per heavy atom. The van der Waals surface area contributed by atoms with Crippen molar-refractivity contribution in [1.29, 1.82) is 0 Å². The van der Waals surface area contributed by atoms with Crippen LogP contribution in [0.1, 0.15) is 24.4 Å². The van der Waals surface area contributed by atoms with Gasteiger partial charge < -0.3 is 4.57 Å². The largest absolute Gasteiger partial charge is 0.313 e. The Morgan fingerprint density at radius 2 is 2.29 bits per heavy atom. The molecular weight excluding hydrogens is 232 g/mol. The van der Waals surface area contributed by atoms with Crippen LogP contribution in [-0.2, 0) is 13.5 Å². The van der Waals surface area contributed by atoms with Crippen molar-refractivity contribution in [2.24, 2.45) is 7.05 Å². The highest BCUT2D eigenvalue weighted by Gasteiger charge is 2.13. The van der Waals surface area contributed by atoms with Crippen molar-refractivity contribution in [1.82, 2.24) is 19.7 Å². The summed E-state index contributed by atoms with van der Waals surface area (Å²) < 4.78 is 2.06. The highest BCUT2D eigenvalue weighted by Crippen LogP contribution is 2.25. The second kappa shape index (κ2) is 5.23. The lowest BCUT2D eigenvalue weighted by atomic mass is 10.2. The molecule has 2 heterocycles. The van der Waals surface area contributed by atoms with Gasteiger partial charge in [0.1, 0.15) is 5.82 Å². The predicted molar refractivity (Wildman–Crippen MR) is 70.0 cm³/mol. The van der Waals surface area contributed by atoms with Gasteiger partial charge in [-0.3, -0.25) is 0 Å². The number of rotatable bonds is 5. The zero-order valence-electron chi connectivity index (χ0n) is 10.2. The molecule has 0 N–H and O–H groups in total. The molecule has 0 unspecified atom stereocenters. The van der Waals surface area contributed by atoms with E-state index in [0.29, 0.717) is 0 Å². The SMILES string of the molecule is C=CCCCc1nnc(-c2scnc2C)n1C. The summed E-state index contributed by atoms with van der Waals surface area (Å²) >= 11 is 1.61.